The SMILES string of the molecule is CC(C)C1CCN(C(C)CCC(C)N2CCN(C(C)C)C3(CC3)C2)CC1(F)F. The highest BCUT2D eigenvalue weighted by atomic mass is 19.3. The minimum absolute atomic E-state index is 0.0540. The van der Waals surface area contributed by atoms with Crippen LogP contribution in [0.1, 0.15) is 73.6 Å². The van der Waals surface area contributed by atoms with Crippen LogP contribution in [0.2, 0.25) is 0 Å². The smallest absolute Gasteiger partial charge is 0.263 e. The molecule has 3 nitrogen and oxygen atoms in total. The lowest BCUT2D eigenvalue weighted by atomic mass is 9.83. The molecule has 3 rings (SSSR count). The van der Waals surface area contributed by atoms with E-state index in [1.54, 1.807) is 0 Å². The van der Waals surface area contributed by atoms with Gasteiger partial charge in [-0.15, -0.1) is 0 Å². The molecule has 28 heavy (non-hydrogen) atoms. The van der Waals surface area contributed by atoms with Crippen LogP contribution >= 0.6 is 0 Å². The van der Waals surface area contributed by atoms with Gasteiger partial charge in [0.25, 0.3) is 5.92 Å². The molecule has 0 bridgehead atoms. The van der Waals surface area contributed by atoms with E-state index in [-0.39, 0.29) is 18.5 Å². The molecule has 1 saturated carbocycles. The summed E-state index contributed by atoms with van der Waals surface area (Å²) in [5.41, 5.74) is 0.438. The topological polar surface area (TPSA) is 9.72 Å². The van der Waals surface area contributed by atoms with Gasteiger partial charge in [-0.05, 0) is 72.3 Å². The van der Waals surface area contributed by atoms with Gasteiger partial charge in [0.1, 0.15) is 0 Å². The molecule has 0 amide bonds. The third-order valence-electron chi connectivity index (χ3n) is 7.92. The van der Waals surface area contributed by atoms with Gasteiger partial charge in [0, 0.05) is 49.2 Å². The Labute approximate surface area is 171 Å². The van der Waals surface area contributed by atoms with Crippen molar-refractivity contribution in [2.45, 2.75) is 103 Å². The molecule has 164 valence electrons. The fourth-order valence-corrected chi connectivity index (χ4v) is 5.82. The second kappa shape index (κ2) is 8.47. The zero-order chi connectivity index (χ0) is 20.7. The Kier molecular flexibility index (Phi) is 6.78. The Hall–Kier alpha value is -0.260. The van der Waals surface area contributed by atoms with Crippen molar-refractivity contribution in [1.82, 2.24) is 14.7 Å². The molecule has 3 unspecified atom stereocenters. The number of alkyl halides is 2. The molecule has 5 heteroatoms. The van der Waals surface area contributed by atoms with Crippen molar-refractivity contribution in [1.29, 1.82) is 0 Å². The van der Waals surface area contributed by atoms with Gasteiger partial charge in [0.15, 0.2) is 0 Å². The van der Waals surface area contributed by atoms with E-state index >= 15 is 0 Å². The molecule has 3 aliphatic rings. The summed E-state index contributed by atoms with van der Waals surface area (Å²) in [4.78, 5) is 7.42. The van der Waals surface area contributed by atoms with Gasteiger partial charge < -0.3 is 0 Å². The largest absolute Gasteiger partial charge is 0.298 e. The summed E-state index contributed by atoms with van der Waals surface area (Å²) in [5, 5.41) is 0. The first kappa shape index (κ1) is 22.4. The zero-order valence-electron chi connectivity index (χ0n) is 19.1. The molecule has 3 atom stereocenters. The maximum atomic E-state index is 14.6. The van der Waals surface area contributed by atoms with Crippen LogP contribution in [0.3, 0.4) is 0 Å². The molecule has 3 fully saturated rings. The number of hydrogen-bond acceptors (Lipinski definition) is 3. The normalized spacial score (nSPS) is 30.9. The van der Waals surface area contributed by atoms with Gasteiger partial charge in [-0.25, -0.2) is 8.78 Å². The molecule has 0 radical (unpaired) electrons. The first-order chi connectivity index (χ1) is 13.1. The van der Waals surface area contributed by atoms with Crippen LogP contribution in [-0.2, 0) is 0 Å². The minimum Gasteiger partial charge on any atom is -0.298 e. The second-order valence-corrected chi connectivity index (χ2v) is 10.6. The first-order valence-electron chi connectivity index (χ1n) is 11.7. The Morgan fingerprint density at radius 1 is 0.821 bits per heavy atom. The van der Waals surface area contributed by atoms with Gasteiger partial charge in [0.2, 0.25) is 0 Å². The van der Waals surface area contributed by atoms with Crippen molar-refractivity contribution < 1.29 is 8.78 Å². The van der Waals surface area contributed by atoms with Crippen molar-refractivity contribution in [3.63, 3.8) is 0 Å². The minimum atomic E-state index is -2.54. The van der Waals surface area contributed by atoms with E-state index in [0.717, 1.165) is 25.9 Å². The van der Waals surface area contributed by atoms with Crippen LogP contribution in [0.25, 0.3) is 0 Å². The van der Waals surface area contributed by atoms with E-state index in [1.807, 2.05) is 18.7 Å². The summed E-state index contributed by atoms with van der Waals surface area (Å²) in [7, 11) is 0. The number of nitrogens with zero attached hydrogens (tertiary/aromatic N) is 3. The van der Waals surface area contributed by atoms with E-state index in [2.05, 4.69) is 37.5 Å². The van der Waals surface area contributed by atoms with Crippen LogP contribution in [-0.4, -0.2) is 77.0 Å². The molecule has 1 aliphatic carbocycles. The number of piperidine rings is 1. The van der Waals surface area contributed by atoms with Crippen LogP contribution in [0.5, 0.6) is 0 Å². The quantitative estimate of drug-likeness (QED) is 0.613. The van der Waals surface area contributed by atoms with Gasteiger partial charge in [-0.1, -0.05) is 13.8 Å². The third-order valence-corrected chi connectivity index (χ3v) is 7.92. The van der Waals surface area contributed by atoms with Crippen LogP contribution in [0.15, 0.2) is 0 Å². The van der Waals surface area contributed by atoms with Gasteiger partial charge in [-0.2, -0.15) is 0 Å². The average Bonchev–Trinajstić information content (AvgIpc) is 3.36. The summed E-state index contributed by atoms with van der Waals surface area (Å²) in [6.45, 7) is 17.3. The van der Waals surface area contributed by atoms with E-state index in [0.29, 0.717) is 24.0 Å². The molecule has 2 heterocycles. The number of halogens is 2. The van der Waals surface area contributed by atoms with Crippen LogP contribution in [0.4, 0.5) is 8.78 Å². The fourth-order valence-electron chi connectivity index (χ4n) is 5.82. The predicted octanol–water partition coefficient (Wildman–Crippen LogP) is 4.72. The Morgan fingerprint density at radius 2 is 1.39 bits per heavy atom. The molecule has 1 spiro atoms. The lowest BCUT2D eigenvalue weighted by molar-refractivity contribution is -0.132. The maximum absolute atomic E-state index is 14.6. The summed E-state index contributed by atoms with van der Waals surface area (Å²) >= 11 is 0. The first-order valence-corrected chi connectivity index (χ1v) is 11.7. The van der Waals surface area contributed by atoms with Crippen LogP contribution in [0, 0.1) is 11.8 Å². The highest BCUT2D eigenvalue weighted by molar-refractivity contribution is 5.09. The highest BCUT2D eigenvalue weighted by Gasteiger charge is 2.52. The van der Waals surface area contributed by atoms with Crippen LogP contribution < -0.4 is 0 Å². The number of hydrogen-bond donors (Lipinski definition) is 0. The van der Waals surface area contributed by atoms with Crippen molar-refractivity contribution >= 4 is 0 Å². The Morgan fingerprint density at radius 3 is 1.86 bits per heavy atom. The van der Waals surface area contributed by atoms with Crippen molar-refractivity contribution in [3.8, 4) is 0 Å². The summed E-state index contributed by atoms with van der Waals surface area (Å²) < 4.78 is 29.1. The monoisotopic (exact) mass is 399 g/mol. The molecule has 0 N–H and O–H groups in total. The number of rotatable bonds is 7. The van der Waals surface area contributed by atoms with E-state index < -0.39 is 11.8 Å². The Balaban J connectivity index is 1.47. The third kappa shape index (κ3) is 4.73. The maximum Gasteiger partial charge on any atom is 0.263 e. The molecule has 0 aromatic carbocycles. The molecule has 2 saturated heterocycles. The summed E-state index contributed by atoms with van der Waals surface area (Å²) in [6, 6.07) is 1.42. The number of likely N-dealkylation sites (tertiary alicyclic amines) is 1. The highest BCUT2D eigenvalue weighted by Crippen LogP contribution is 2.45. The van der Waals surface area contributed by atoms with Crippen molar-refractivity contribution in [3.05, 3.63) is 0 Å². The van der Waals surface area contributed by atoms with E-state index in [4.69, 9.17) is 0 Å². The zero-order valence-corrected chi connectivity index (χ0v) is 19.1. The predicted molar refractivity (Wildman–Crippen MR) is 113 cm³/mol. The van der Waals surface area contributed by atoms with Crippen molar-refractivity contribution in [2.75, 3.05) is 32.7 Å². The molecule has 0 aromatic heterocycles. The lowest BCUT2D eigenvalue weighted by Gasteiger charge is -2.47. The van der Waals surface area contributed by atoms with Crippen molar-refractivity contribution in [2.24, 2.45) is 11.8 Å². The van der Waals surface area contributed by atoms with Gasteiger partial charge in [0.05, 0.1) is 6.54 Å². The Bertz CT molecular complexity index is 484. The summed E-state index contributed by atoms with van der Waals surface area (Å²) in [6.07, 6.45) is 5.43. The second-order valence-electron chi connectivity index (χ2n) is 10.6. The number of piperazine rings is 1. The molecular weight excluding hydrogens is 356 g/mol. The van der Waals surface area contributed by atoms with Gasteiger partial charge in [-0.3, -0.25) is 14.7 Å². The van der Waals surface area contributed by atoms with E-state index in [9.17, 15) is 8.78 Å². The molecule has 0 aromatic rings. The molecule has 2 aliphatic heterocycles. The lowest BCUT2D eigenvalue weighted by Crippen LogP contribution is -2.59. The van der Waals surface area contributed by atoms with Gasteiger partial charge >= 0.3 is 0 Å². The fraction of sp³-hybridized carbons (Fsp3) is 1.00. The molecular formula is C23H43F2N3. The average molecular weight is 400 g/mol. The summed E-state index contributed by atoms with van der Waals surface area (Å²) in [5.74, 6) is -2.94. The standard InChI is InChI=1S/C23H43F2N3/c1-17(2)21-9-12-26(16-23(21,24)25)19(5)7-8-20(6)27-13-14-28(18(3)4)22(15-27)10-11-22/h17-21H,7-16H2,1-6H3. The van der Waals surface area contributed by atoms with E-state index in [1.165, 1.54) is 25.9 Å².